The average Bonchev–Trinajstić information content (AvgIpc) is 2.94. The van der Waals surface area contributed by atoms with Crippen LogP contribution < -0.4 is 5.32 Å². The minimum atomic E-state index is -0.351. The van der Waals surface area contributed by atoms with Crippen LogP contribution >= 0.6 is 22.9 Å². The van der Waals surface area contributed by atoms with Crippen LogP contribution in [0.25, 0.3) is 0 Å². The van der Waals surface area contributed by atoms with E-state index in [1.54, 1.807) is 35.8 Å². The molecule has 1 aromatic carbocycles. The predicted molar refractivity (Wildman–Crippen MR) is 73.7 cm³/mol. The molecule has 0 atom stereocenters. The Morgan fingerprint density at radius 3 is 2.42 bits per heavy atom. The van der Waals surface area contributed by atoms with Crippen LogP contribution in [0.1, 0.15) is 20.7 Å². The minimum Gasteiger partial charge on any atom is -0.327 e. The summed E-state index contributed by atoms with van der Waals surface area (Å²) < 4.78 is 0. The molecule has 2 aromatic rings. The number of carbonyl (C=O) groups excluding carboxylic acids is 2. The van der Waals surface area contributed by atoms with Gasteiger partial charge in [0, 0.05) is 22.7 Å². The molecule has 1 aromatic heterocycles. The molecule has 1 heterocycles. The summed E-state index contributed by atoms with van der Waals surface area (Å²) in [7, 11) is 0. The van der Waals surface area contributed by atoms with E-state index < -0.39 is 0 Å². The van der Waals surface area contributed by atoms with Crippen LogP contribution in [0.3, 0.4) is 0 Å². The highest BCUT2D eigenvalue weighted by Crippen LogP contribution is 2.29. The highest BCUT2D eigenvalue weighted by atomic mass is 35.5. The van der Waals surface area contributed by atoms with Crippen molar-refractivity contribution < 1.29 is 9.59 Å². The molecule has 6 heteroatoms. The quantitative estimate of drug-likeness (QED) is 0.923. The maximum atomic E-state index is 12.3. The number of nitrogens with zero attached hydrogens (tertiary/aromatic N) is 1. The molecule has 0 bridgehead atoms. The lowest BCUT2D eigenvalue weighted by Gasteiger charge is -2.17. The lowest BCUT2D eigenvalue weighted by Crippen LogP contribution is -2.24. The average molecular weight is 291 g/mol. The van der Waals surface area contributed by atoms with E-state index in [-0.39, 0.29) is 22.3 Å². The number of hydrogen-bond acceptors (Lipinski definition) is 5. The van der Waals surface area contributed by atoms with Gasteiger partial charge in [0.25, 0.3) is 0 Å². The van der Waals surface area contributed by atoms with Crippen LogP contribution in [0.2, 0.25) is 0 Å². The van der Waals surface area contributed by atoms with Gasteiger partial charge in [-0.25, -0.2) is 4.98 Å². The minimum absolute atomic E-state index is 0.0836. The van der Waals surface area contributed by atoms with E-state index in [4.69, 9.17) is 11.6 Å². The molecular weight excluding hydrogens is 284 g/mol. The fourth-order valence-electron chi connectivity index (χ4n) is 1.85. The lowest BCUT2D eigenvalue weighted by atomic mass is 9.92. The van der Waals surface area contributed by atoms with Crippen molar-refractivity contribution in [2.24, 2.45) is 0 Å². The van der Waals surface area contributed by atoms with Crippen molar-refractivity contribution in [3.8, 4) is 0 Å². The Hall–Kier alpha value is -1.98. The molecule has 3 rings (SSSR count). The van der Waals surface area contributed by atoms with Crippen LogP contribution in [-0.2, 0) is 0 Å². The van der Waals surface area contributed by atoms with Crippen LogP contribution in [0.15, 0.2) is 46.6 Å². The number of benzene rings is 1. The van der Waals surface area contributed by atoms with Crippen molar-refractivity contribution in [1.82, 2.24) is 4.98 Å². The van der Waals surface area contributed by atoms with E-state index in [0.29, 0.717) is 16.3 Å². The van der Waals surface area contributed by atoms with Crippen LogP contribution in [0, 0.1) is 0 Å². The molecule has 0 saturated heterocycles. The first-order valence-electron chi connectivity index (χ1n) is 5.43. The Morgan fingerprint density at radius 2 is 1.79 bits per heavy atom. The number of nitrogens with one attached hydrogen (secondary N) is 1. The number of carbonyl (C=O) groups is 2. The molecule has 19 heavy (non-hydrogen) atoms. The first-order valence-corrected chi connectivity index (χ1v) is 6.69. The number of Topliss-reactive ketones (excluding diaryl/α,β-unsaturated/α-hetero) is 2. The smallest absolute Gasteiger partial charge is 0.211 e. The summed E-state index contributed by atoms with van der Waals surface area (Å²) in [6, 6.07) is 6.62. The number of allylic oxidation sites excluding steroid dienone is 2. The fraction of sp³-hybridized carbons (Fsp3) is 0. The number of halogens is 1. The van der Waals surface area contributed by atoms with Crippen molar-refractivity contribution in [2.45, 2.75) is 0 Å². The van der Waals surface area contributed by atoms with E-state index in [1.165, 1.54) is 11.3 Å². The zero-order valence-corrected chi connectivity index (χ0v) is 11.1. The molecule has 0 amide bonds. The largest absolute Gasteiger partial charge is 0.327 e. The van der Waals surface area contributed by atoms with Gasteiger partial charge in [-0.15, -0.1) is 11.3 Å². The maximum absolute atomic E-state index is 12.3. The molecule has 0 aliphatic heterocycles. The van der Waals surface area contributed by atoms with Crippen molar-refractivity contribution >= 4 is 39.6 Å². The van der Waals surface area contributed by atoms with Gasteiger partial charge in [-0.1, -0.05) is 35.9 Å². The first-order chi connectivity index (χ1) is 9.18. The fourth-order valence-corrected chi connectivity index (χ4v) is 2.62. The Balaban J connectivity index is 2.08. The molecule has 1 aliphatic rings. The van der Waals surface area contributed by atoms with Gasteiger partial charge in [-0.05, 0) is 0 Å². The summed E-state index contributed by atoms with van der Waals surface area (Å²) in [5.41, 5.74) is 0.776. The number of hydrogen-bond donors (Lipinski definition) is 1. The van der Waals surface area contributed by atoms with E-state index in [1.807, 2.05) is 0 Å². The zero-order valence-electron chi connectivity index (χ0n) is 9.51. The van der Waals surface area contributed by atoms with E-state index in [2.05, 4.69) is 10.3 Å². The van der Waals surface area contributed by atoms with E-state index >= 15 is 0 Å². The van der Waals surface area contributed by atoms with Crippen molar-refractivity contribution in [2.75, 3.05) is 5.32 Å². The molecule has 0 fully saturated rings. The Labute approximate surface area is 117 Å². The highest BCUT2D eigenvalue weighted by molar-refractivity contribution is 7.13. The number of rotatable bonds is 2. The standard InChI is InChI=1S/C13H7ClN2O2S/c14-9-10(16-13-15-5-6-19-13)12(18)8-4-2-1-3-7(8)11(9)17/h1-6H,(H,15,16). The Bertz CT molecular complexity index is 707. The topological polar surface area (TPSA) is 59.1 Å². The van der Waals surface area contributed by atoms with Crippen molar-refractivity contribution in [3.63, 3.8) is 0 Å². The summed E-state index contributed by atoms with van der Waals surface area (Å²) in [5, 5.41) is 5.00. The molecule has 94 valence electrons. The third-order valence-electron chi connectivity index (χ3n) is 2.73. The second-order valence-electron chi connectivity index (χ2n) is 3.86. The molecule has 1 aliphatic carbocycles. The van der Waals surface area contributed by atoms with Gasteiger partial charge in [-0.3, -0.25) is 9.59 Å². The lowest BCUT2D eigenvalue weighted by molar-refractivity contribution is 0.0982. The number of thiazole rings is 1. The van der Waals surface area contributed by atoms with Gasteiger partial charge >= 0.3 is 0 Å². The number of aromatic nitrogens is 1. The normalized spacial score (nSPS) is 14.6. The van der Waals surface area contributed by atoms with E-state index in [0.717, 1.165) is 0 Å². The molecule has 4 nitrogen and oxygen atoms in total. The van der Waals surface area contributed by atoms with Gasteiger partial charge in [0.05, 0.1) is 0 Å². The molecule has 0 unspecified atom stereocenters. The summed E-state index contributed by atoms with van der Waals surface area (Å²) in [6.45, 7) is 0. The predicted octanol–water partition coefficient (Wildman–Crippen LogP) is 3.08. The van der Waals surface area contributed by atoms with Crippen molar-refractivity contribution in [1.29, 1.82) is 0 Å². The second kappa shape index (κ2) is 4.60. The molecule has 1 N–H and O–H groups in total. The Morgan fingerprint density at radius 1 is 1.11 bits per heavy atom. The van der Waals surface area contributed by atoms with Gasteiger partial charge in [-0.2, -0.15) is 0 Å². The number of anilines is 1. The number of ketones is 2. The molecule has 0 saturated carbocycles. The SMILES string of the molecule is O=C1C(Cl)=C(Nc2nccs2)C(=O)c2ccccc21. The zero-order chi connectivity index (χ0) is 13.4. The number of fused-ring (bicyclic) bond motifs is 1. The summed E-state index contributed by atoms with van der Waals surface area (Å²) in [4.78, 5) is 28.4. The Kier molecular flexibility index (Phi) is 2.93. The summed E-state index contributed by atoms with van der Waals surface area (Å²) in [5.74, 6) is -0.647. The summed E-state index contributed by atoms with van der Waals surface area (Å²) in [6.07, 6.45) is 1.60. The van der Waals surface area contributed by atoms with Crippen LogP contribution in [0.5, 0.6) is 0 Å². The highest BCUT2D eigenvalue weighted by Gasteiger charge is 2.31. The van der Waals surface area contributed by atoms with Crippen LogP contribution in [0.4, 0.5) is 5.13 Å². The van der Waals surface area contributed by atoms with Gasteiger partial charge in [0.1, 0.15) is 10.7 Å². The van der Waals surface area contributed by atoms with Gasteiger partial charge in [0.2, 0.25) is 11.6 Å². The maximum Gasteiger partial charge on any atom is 0.211 e. The molecule has 0 spiro atoms. The third-order valence-corrected chi connectivity index (χ3v) is 3.78. The second-order valence-corrected chi connectivity index (χ2v) is 5.13. The van der Waals surface area contributed by atoms with Gasteiger partial charge in [0.15, 0.2) is 5.13 Å². The van der Waals surface area contributed by atoms with E-state index in [9.17, 15) is 9.59 Å². The van der Waals surface area contributed by atoms with Gasteiger partial charge < -0.3 is 5.32 Å². The summed E-state index contributed by atoms with van der Waals surface area (Å²) >= 11 is 7.32. The van der Waals surface area contributed by atoms with Crippen LogP contribution in [-0.4, -0.2) is 16.6 Å². The molecule has 0 radical (unpaired) electrons. The third kappa shape index (κ3) is 1.97. The molecular formula is C13H7ClN2O2S. The first kappa shape index (κ1) is 12.1. The monoisotopic (exact) mass is 290 g/mol. The van der Waals surface area contributed by atoms with Crippen molar-refractivity contribution in [3.05, 3.63) is 57.7 Å².